The minimum absolute atomic E-state index is 0.00194. The Morgan fingerprint density at radius 1 is 1.06 bits per heavy atom. The van der Waals surface area contributed by atoms with Gasteiger partial charge in [-0.1, -0.05) is 0 Å². The number of likely N-dealkylation sites (N-methyl/N-ethyl adjacent to an activating group) is 1. The Kier molecular flexibility index (Phi) is 9.04. The summed E-state index contributed by atoms with van der Waals surface area (Å²) in [4.78, 5) is 28.8. The molecule has 4 fully saturated rings. The molecule has 1 saturated carbocycles. The number of nitrogens with one attached hydrogen (secondary N) is 3. The molecule has 0 bridgehead atoms. The highest BCUT2D eigenvalue weighted by molar-refractivity contribution is 5.97. The quantitative estimate of drug-likeness (QED) is 0.256. The normalized spacial score (nSPS) is 21.9. The number of hydrogen-bond acceptors (Lipinski definition) is 11. The van der Waals surface area contributed by atoms with Crippen molar-refractivity contribution in [2.45, 2.75) is 69.5 Å². The zero-order valence-electron chi connectivity index (χ0n) is 27.8. The van der Waals surface area contributed by atoms with Gasteiger partial charge in [-0.15, -0.1) is 13.2 Å². The summed E-state index contributed by atoms with van der Waals surface area (Å²) < 4.78 is 51.7. The number of aromatic nitrogens is 4. The number of benzene rings is 1. The van der Waals surface area contributed by atoms with Gasteiger partial charge in [0, 0.05) is 75.4 Å². The van der Waals surface area contributed by atoms with Crippen LogP contribution in [0.2, 0.25) is 0 Å². The number of nitrogens with two attached hydrogens (primary N) is 1. The van der Waals surface area contributed by atoms with E-state index in [-0.39, 0.29) is 34.6 Å². The molecule has 1 spiro atoms. The summed E-state index contributed by atoms with van der Waals surface area (Å²) in [5.41, 5.74) is 7.64. The second kappa shape index (κ2) is 13.3. The monoisotopic (exact) mass is 684 g/mol. The molecular weight excluding hydrogens is 641 g/mol. The second-order valence-corrected chi connectivity index (χ2v) is 13.7. The van der Waals surface area contributed by atoms with E-state index in [0.29, 0.717) is 48.6 Å². The van der Waals surface area contributed by atoms with Gasteiger partial charge in [0.05, 0.1) is 11.3 Å². The topological polar surface area (TPSA) is 150 Å². The third-order valence-electron chi connectivity index (χ3n) is 10.0. The van der Waals surface area contributed by atoms with Gasteiger partial charge in [0.25, 0.3) is 5.91 Å². The summed E-state index contributed by atoms with van der Waals surface area (Å²) >= 11 is 0. The van der Waals surface area contributed by atoms with E-state index in [1.165, 1.54) is 6.07 Å². The van der Waals surface area contributed by atoms with Gasteiger partial charge in [-0.2, -0.15) is 5.10 Å². The largest absolute Gasteiger partial charge is 0.573 e. The van der Waals surface area contributed by atoms with E-state index in [9.17, 15) is 18.0 Å². The van der Waals surface area contributed by atoms with E-state index in [4.69, 9.17) is 15.5 Å². The molecule has 1 amide bonds. The number of halogens is 3. The first-order chi connectivity index (χ1) is 23.4. The van der Waals surface area contributed by atoms with E-state index in [1.807, 2.05) is 11.8 Å². The number of piperidine rings is 1. The number of anilines is 4. The summed E-state index contributed by atoms with van der Waals surface area (Å²) in [6, 6.07) is 6.74. The lowest BCUT2D eigenvalue weighted by molar-refractivity contribution is -0.274. The number of aryl methyl sites for hydroxylation is 1. The van der Waals surface area contributed by atoms with Gasteiger partial charge >= 0.3 is 6.36 Å². The summed E-state index contributed by atoms with van der Waals surface area (Å²) in [5.74, 6) is -0.834. The van der Waals surface area contributed by atoms with Crippen LogP contribution in [0, 0.1) is 6.92 Å². The number of hydrogen-bond donors (Lipinski definition) is 4. The molecule has 1 aromatic carbocycles. The highest BCUT2D eigenvalue weighted by atomic mass is 19.4. The Morgan fingerprint density at radius 3 is 2.47 bits per heavy atom. The molecule has 3 aromatic rings. The van der Waals surface area contributed by atoms with Crippen molar-refractivity contribution in [3.63, 3.8) is 0 Å². The van der Waals surface area contributed by atoms with Crippen molar-refractivity contribution >= 4 is 28.9 Å². The standard InChI is InChI=1S/C33H43F3N10O3/c1-20-17-24(43-42-20)27-30(39-22-7-16-48-32(19-22)8-9-32)41-31(28(40-27)29(37)47)38-21-3-4-25(26(18-21)49-33(34,35)36)46-10-5-23(6-11-46)45-14-12-44(2)13-15-45/h3-4,17-18,22-23H,5-16,19H2,1-2H3,(H2,37,47)(H,42,43)(H2,38,39,41). The van der Waals surface area contributed by atoms with Gasteiger partial charge in [0.1, 0.15) is 11.4 Å². The zero-order valence-corrected chi connectivity index (χ0v) is 27.8. The number of nitrogens with zero attached hydrogens (tertiary/aromatic N) is 6. The summed E-state index contributed by atoms with van der Waals surface area (Å²) in [6.45, 7) is 7.67. The maximum Gasteiger partial charge on any atom is 0.573 e. The Bertz CT molecular complexity index is 1660. The van der Waals surface area contributed by atoms with Crippen LogP contribution >= 0.6 is 0 Å². The smallest absolute Gasteiger partial charge is 0.403 e. The number of piperazine rings is 1. The SMILES string of the molecule is Cc1cc(-c2nc(C(N)=O)c(Nc3ccc(N4CCC(N5CCN(C)CC5)CC4)c(OC(F)(F)F)c3)nc2NC2CCOC3(CC3)C2)n[nH]1. The average molecular weight is 685 g/mol. The van der Waals surface area contributed by atoms with E-state index in [2.05, 4.69) is 47.4 Å². The number of alkyl halides is 3. The van der Waals surface area contributed by atoms with Crippen molar-refractivity contribution in [3.8, 4) is 17.1 Å². The van der Waals surface area contributed by atoms with Crippen molar-refractivity contribution in [3.05, 3.63) is 35.7 Å². The Labute approximate surface area is 282 Å². The minimum Gasteiger partial charge on any atom is -0.403 e. The molecule has 16 heteroatoms. The molecule has 4 aliphatic rings. The third-order valence-corrected chi connectivity index (χ3v) is 10.0. The Hall–Kier alpha value is -4.15. The molecule has 0 radical (unpaired) electrons. The number of carbonyl (C=O) groups excluding carboxylic acids is 1. The van der Waals surface area contributed by atoms with E-state index in [0.717, 1.165) is 70.4 Å². The van der Waals surface area contributed by atoms with Crippen molar-refractivity contribution in [2.24, 2.45) is 5.73 Å². The van der Waals surface area contributed by atoms with Gasteiger partial charge in [-0.3, -0.25) is 14.8 Å². The van der Waals surface area contributed by atoms with E-state index < -0.39 is 12.3 Å². The molecule has 5 N–H and O–H groups in total. The lowest BCUT2D eigenvalue weighted by Gasteiger charge is -2.42. The predicted molar refractivity (Wildman–Crippen MR) is 178 cm³/mol. The lowest BCUT2D eigenvalue weighted by atomic mass is 10.0. The van der Waals surface area contributed by atoms with Gasteiger partial charge in [0.2, 0.25) is 0 Å². The molecule has 1 atom stereocenters. The fraction of sp³-hybridized carbons (Fsp3) is 0.576. The van der Waals surface area contributed by atoms with Crippen LogP contribution in [-0.4, -0.2) is 113 Å². The highest BCUT2D eigenvalue weighted by Crippen LogP contribution is 2.47. The minimum atomic E-state index is -4.91. The average Bonchev–Trinajstić information content (AvgIpc) is 3.65. The Morgan fingerprint density at radius 2 is 1.82 bits per heavy atom. The van der Waals surface area contributed by atoms with Gasteiger partial charge in [-0.05, 0) is 70.7 Å². The van der Waals surface area contributed by atoms with Gasteiger partial charge in [-0.25, -0.2) is 9.97 Å². The fourth-order valence-electron chi connectivity index (χ4n) is 7.20. The molecule has 13 nitrogen and oxygen atoms in total. The fourth-order valence-corrected chi connectivity index (χ4v) is 7.20. The third kappa shape index (κ3) is 7.70. The highest BCUT2D eigenvalue weighted by Gasteiger charge is 2.48. The summed E-state index contributed by atoms with van der Waals surface area (Å²) in [7, 11) is 2.12. The van der Waals surface area contributed by atoms with Crippen LogP contribution in [0.3, 0.4) is 0 Å². The number of amides is 1. The molecule has 3 saturated heterocycles. The molecule has 5 heterocycles. The van der Waals surface area contributed by atoms with E-state index >= 15 is 0 Å². The molecule has 49 heavy (non-hydrogen) atoms. The van der Waals surface area contributed by atoms with E-state index in [1.54, 1.807) is 18.2 Å². The maximum atomic E-state index is 13.7. The number of rotatable bonds is 9. The molecule has 1 unspecified atom stereocenters. The van der Waals surface area contributed by atoms with Crippen LogP contribution in [0.25, 0.3) is 11.4 Å². The molecular formula is C33H43F3N10O3. The first kappa shape index (κ1) is 33.4. The number of carbonyl (C=O) groups is 1. The number of ether oxygens (including phenoxy) is 2. The number of primary amides is 1. The molecule has 1 aliphatic carbocycles. The van der Waals surface area contributed by atoms with Crippen LogP contribution in [0.1, 0.15) is 54.7 Å². The Balaban J connectivity index is 1.16. The van der Waals surface area contributed by atoms with Crippen molar-refractivity contribution in [1.82, 2.24) is 30.0 Å². The van der Waals surface area contributed by atoms with Crippen LogP contribution in [0.4, 0.5) is 36.2 Å². The van der Waals surface area contributed by atoms with Gasteiger partial charge < -0.3 is 35.6 Å². The first-order valence-electron chi connectivity index (χ1n) is 16.9. The van der Waals surface area contributed by atoms with Crippen molar-refractivity contribution in [2.75, 3.05) is 68.5 Å². The van der Waals surface area contributed by atoms with Crippen molar-refractivity contribution in [1.29, 1.82) is 0 Å². The molecule has 264 valence electrons. The predicted octanol–water partition coefficient (Wildman–Crippen LogP) is 4.26. The molecule has 7 rings (SSSR count). The summed E-state index contributed by atoms with van der Waals surface area (Å²) in [5, 5.41) is 13.7. The second-order valence-electron chi connectivity index (χ2n) is 13.7. The van der Waals surface area contributed by atoms with Crippen LogP contribution in [0.15, 0.2) is 24.3 Å². The molecule has 3 aliphatic heterocycles. The maximum absolute atomic E-state index is 13.7. The van der Waals surface area contributed by atoms with Crippen LogP contribution in [0.5, 0.6) is 5.75 Å². The van der Waals surface area contributed by atoms with Gasteiger partial charge in [0.15, 0.2) is 23.1 Å². The van der Waals surface area contributed by atoms with Crippen molar-refractivity contribution < 1.29 is 27.4 Å². The first-order valence-corrected chi connectivity index (χ1v) is 16.9. The zero-order chi connectivity index (χ0) is 34.3. The van der Waals surface area contributed by atoms with Crippen LogP contribution in [-0.2, 0) is 4.74 Å². The number of H-pyrrole nitrogens is 1. The number of aromatic amines is 1. The lowest BCUT2D eigenvalue weighted by Crippen LogP contribution is -2.52. The van der Waals surface area contributed by atoms with Crippen LogP contribution < -0.4 is 26.0 Å². The molecule has 2 aromatic heterocycles. The summed E-state index contributed by atoms with van der Waals surface area (Å²) in [6.07, 6.45) is 0.323.